The first-order chi connectivity index (χ1) is 12.1. The van der Waals surface area contributed by atoms with Crippen molar-refractivity contribution in [2.24, 2.45) is 0 Å². The fourth-order valence-corrected chi connectivity index (χ4v) is 3.58. The van der Waals surface area contributed by atoms with Gasteiger partial charge in [0.05, 0.1) is 10.6 Å². The predicted molar refractivity (Wildman–Crippen MR) is 108 cm³/mol. The Morgan fingerprint density at radius 3 is 2.77 bits per heavy atom. The molecular formula is C20H31BrN2O3. The molecule has 0 spiro atoms. The minimum absolute atomic E-state index is 0.111. The Morgan fingerprint density at radius 1 is 1.38 bits per heavy atom. The van der Waals surface area contributed by atoms with Crippen molar-refractivity contribution in [2.75, 3.05) is 13.1 Å². The van der Waals surface area contributed by atoms with E-state index in [4.69, 9.17) is 9.47 Å². The van der Waals surface area contributed by atoms with Crippen LogP contribution in [0.5, 0.6) is 5.75 Å². The van der Waals surface area contributed by atoms with Gasteiger partial charge in [-0.15, -0.1) is 0 Å². The van der Waals surface area contributed by atoms with Crippen LogP contribution in [-0.4, -0.2) is 41.8 Å². The van der Waals surface area contributed by atoms with Crippen molar-refractivity contribution in [1.82, 2.24) is 10.2 Å². The van der Waals surface area contributed by atoms with Crippen LogP contribution in [0.1, 0.15) is 53.0 Å². The van der Waals surface area contributed by atoms with Crippen LogP contribution in [0.2, 0.25) is 0 Å². The smallest absolute Gasteiger partial charge is 0.407 e. The molecule has 1 aliphatic rings. The van der Waals surface area contributed by atoms with Gasteiger partial charge in [-0.05, 0) is 76.0 Å². The number of likely N-dealkylation sites (tertiary alicyclic amines) is 1. The lowest BCUT2D eigenvalue weighted by Gasteiger charge is -2.34. The van der Waals surface area contributed by atoms with E-state index in [1.807, 2.05) is 46.8 Å². The van der Waals surface area contributed by atoms with E-state index in [2.05, 4.69) is 32.2 Å². The first-order valence-corrected chi connectivity index (χ1v) is 10.1. The number of carbonyl (C=O) groups is 1. The van der Waals surface area contributed by atoms with Gasteiger partial charge in [0.15, 0.2) is 0 Å². The van der Waals surface area contributed by atoms with Crippen LogP contribution >= 0.6 is 15.9 Å². The maximum Gasteiger partial charge on any atom is 0.407 e. The molecule has 0 saturated carbocycles. The zero-order valence-electron chi connectivity index (χ0n) is 16.5. The Kier molecular flexibility index (Phi) is 7.35. The number of ether oxygens (including phenoxy) is 2. The molecule has 2 rings (SSSR count). The van der Waals surface area contributed by atoms with E-state index in [-0.39, 0.29) is 18.2 Å². The molecule has 5 nitrogen and oxygen atoms in total. The van der Waals surface area contributed by atoms with Crippen LogP contribution in [0.25, 0.3) is 0 Å². The Bertz CT molecular complexity index is 614. The van der Waals surface area contributed by atoms with Crippen molar-refractivity contribution in [3.05, 3.63) is 28.2 Å². The molecular weight excluding hydrogens is 396 g/mol. The summed E-state index contributed by atoms with van der Waals surface area (Å²) in [5, 5.41) is 3.01. The number of hydrogen-bond acceptors (Lipinski definition) is 4. The number of benzene rings is 1. The Hall–Kier alpha value is -1.27. The van der Waals surface area contributed by atoms with Gasteiger partial charge in [-0.1, -0.05) is 12.1 Å². The van der Waals surface area contributed by atoms with E-state index in [1.165, 1.54) is 0 Å². The van der Waals surface area contributed by atoms with E-state index >= 15 is 0 Å². The summed E-state index contributed by atoms with van der Waals surface area (Å²) >= 11 is 3.60. The summed E-state index contributed by atoms with van der Waals surface area (Å²) in [6, 6.07) is 6.25. The van der Waals surface area contributed by atoms with Crippen LogP contribution < -0.4 is 10.1 Å². The second-order valence-electron chi connectivity index (χ2n) is 8.12. The number of alkyl carbamates (subject to hydrolysis) is 1. The fraction of sp³-hybridized carbons (Fsp3) is 0.650. The average molecular weight is 427 g/mol. The van der Waals surface area contributed by atoms with Crippen molar-refractivity contribution in [2.45, 2.75) is 71.8 Å². The first-order valence-electron chi connectivity index (χ1n) is 9.30. The van der Waals surface area contributed by atoms with Gasteiger partial charge in [0.1, 0.15) is 11.4 Å². The molecule has 0 bridgehead atoms. The number of hydrogen-bond donors (Lipinski definition) is 1. The highest BCUT2D eigenvalue weighted by atomic mass is 79.9. The highest BCUT2D eigenvalue weighted by Crippen LogP contribution is 2.31. The van der Waals surface area contributed by atoms with E-state index in [0.717, 1.165) is 48.3 Å². The summed E-state index contributed by atoms with van der Waals surface area (Å²) < 4.78 is 12.4. The minimum Gasteiger partial charge on any atom is -0.489 e. The highest BCUT2D eigenvalue weighted by molar-refractivity contribution is 9.10. The van der Waals surface area contributed by atoms with E-state index < -0.39 is 5.60 Å². The van der Waals surface area contributed by atoms with Gasteiger partial charge >= 0.3 is 6.09 Å². The van der Waals surface area contributed by atoms with E-state index in [1.54, 1.807) is 0 Å². The molecule has 1 aliphatic heterocycles. The zero-order chi connectivity index (χ0) is 19.3. The van der Waals surface area contributed by atoms with Gasteiger partial charge in [-0.2, -0.15) is 0 Å². The Balaban J connectivity index is 1.98. The summed E-state index contributed by atoms with van der Waals surface area (Å²) in [5.74, 6) is 0.907. The topological polar surface area (TPSA) is 50.8 Å². The van der Waals surface area contributed by atoms with Crippen molar-refractivity contribution in [3.63, 3.8) is 0 Å². The number of piperidine rings is 1. The molecule has 1 fully saturated rings. The maximum absolute atomic E-state index is 12.0. The predicted octanol–water partition coefficient (Wildman–Crippen LogP) is 4.73. The molecule has 6 heteroatoms. The molecule has 0 radical (unpaired) electrons. The molecule has 1 saturated heterocycles. The molecule has 1 amide bonds. The third kappa shape index (κ3) is 6.80. The number of carbonyl (C=O) groups excluding carboxylic acids is 1. The molecule has 26 heavy (non-hydrogen) atoms. The van der Waals surface area contributed by atoms with Crippen LogP contribution in [0.3, 0.4) is 0 Å². The summed E-state index contributed by atoms with van der Waals surface area (Å²) in [6.07, 6.45) is 1.81. The van der Waals surface area contributed by atoms with Gasteiger partial charge in [0.25, 0.3) is 0 Å². The van der Waals surface area contributed by atoms with Crippen LogP contribution in [-0.2, 0) is 11.3 Å². The molecule has 0 aromatic heterocycles. The van der Waals surface area contributed by atoms with Gasteiger partial charge in [-0.25, -0.2) is 4.79 Å². The van der Waals surface area contributed by atoms with Gasteiger partial charge < -0.3 is 14.8 Å². The minimum atomic E-state index is -0.474. The number of amides is 1. The number of para-hydroxylation sites is 1. The Labute approximate surface area is 165 Å². The molecule has 1 aromatic carbocycles. The molecule has 146 valence electrons. The molecule has 1 heterocycles. The fourth-order valence-electron chi connectivity index (χ4n) is 3.08. The number of nitrogens with one attached hydrogen (secondary N) is 1. The SMILES string of the molecule is CC(C)Oc1c(Br)cccc1CN1CCCC(NC(=O)OC(C)(C)C)C1. The van der Waals surface area contributed by atoms with Crippen LogP contribution in [0, 0.1) is 0 Å². The lowest BCUT2D eigenvalue weighted by Crippen LogP contribution is -2.48. The van der Waals surface area contributed by atoms with Crippen LogP contribution in [0.15, 0.2) is 22.7 Å². The van der Waals surface area contributed by atoms with E-state index in [0.29, 0.717) is 0 Å². The number of rotatable bonds is 5. The molecule has 1 aromatic rings. The average Bonchev–Trinajstić information content (AvgIpc) is 2.49. The standard InChI is InChI=1S/C20H31BrN2O3/c1-14(2)25-18-15(8-6-10-17(18)21)12-23-11-7-9-16(13-23)22-19(24)26-20(3,4)5/h6,8,10,14,16H,7,9,11-13H2,1-5H3,(H,22,24). The number of halogens is 1. The summed E-state index contributed by atoms with van der Waals surface area (Å²) in [4.78, 5) is 14.4. The quantitative estimate of drug-likeness (QED) is 0.739. The first kappa shape index (κ1) is 21.0. The largest absolute Gasteiger partial charge is 0.489 e. The van der Waals surface area contributed by atoms with Crippen molar-refractivity contribution >= 4 is 22.0 Å². The molecule has 1 unspecified atom stereocenters. The van der Waals surface area contributed by atoms with Gasteiger partial charge in [-0.3, -0.25) is 4.90 Å². The summed E-state index contributed by atoms with van der Waals surface area (Å²) in [6.45, 7) is 12.3. The molecule has 0 aliphatic carbocycles. The second kappa shape index (κ2) is 9.09. The van der Waals surface area contributed by atoms with Gasteiger partial charge in [0, 0.05) is 24.7 Å². The van der Waals surface area contributed by atoms with Crippen LogP contribution in [0.4, 0.5) is 4.79 Å². The zero-order valence-corrected chi connectivity index (χ0v) is 18.1. The lowest BCUT2D eigenvalue weighted by molar-refractivity contribution is 0.0469. The number of nitrogens with zero attached hydrogens (tertiary/aromatic N) is 1. The second-order valence-corrected chi connectivity index (χ2v) is 8.97. The maximum atomic E-state index is 12.0. The Morgan fingerprint density at radius 2 is 2.12 bits per heavy atom. The third-order valence-electron chi connectivity index (χ3n) is 4.02. The monoisotopic (exact) mass is 426 g/mol. The lowest BCUT2D eigenvalue weighted by atomic mass is 10.0. The van der Waals surface area contributed by atoms with E-state index in [9.17, 15) is 4.79 Å². The van der Waals surface area contributed by atoms with Crippen molar-refractivity contribution in [3.8, 4) is 5.75 Å². The van der Waals surface area contributed by atoms with Gasteiger partial charge in [0.2, 0.25) is 0 Å². The van der Waals surface area contributed by atoms with Crippen molar-refractivity contribution in [1.29, 1.82) is 0 Å². The molecule has 1 N–H and O–H groups in total. The highest BCUT2D eigenvalue weighted by Gasteiger charge is 2.25. The summed E-state index contributed by atoms with van der Waals surface area (Å²) in [7, 11) is 0. The normalized spacial score (nSPS) is 18.7. The third-order valence-corrected chi connectivity index (χ3v) is 4.65. The summed E-state index contributed by atoms with van der Waals surface area (Å²) in [5.41, 5.74) is 0.684. The van der Waals surface area contributed by atoms with Crippen molar-refractivity contribution < 1.29 is 14.3 Å². The molecule has 1 atom stereocenters.